The van der Waals surface area contributed by atoms with Crippen molar-refractivity contribution in [2.45, 2.75) is 6.92 Å². The lowest BCUT2D eigenvalue weighted by molar-refractivity contribution is -0.128. The van der Waals surface area contributed by atoms with Crippen LogP contribution in [0.1, 0.15) is 18.1 Å². The van der Waals surface area contributed by atoms with Crippen LogP contribution in [0.25, 0.3) is 6.08 Å². The third-order valence-electron chi connectivity index (χ3n) is 3.25. The standard InChI is InChI=1S/C20H20N2O5/c1-3-26-20(24)22-21-14-16-5-4-6-18(13-16)27-19(23)12-9-15-7-10-17(25-2)11-8-15/h4-14H,3H2,1-2H3,(H,22,24). The van der Waals surface area contributed by atoms with Gasteiger partial charge in [0.15, 0.2) is 0 Å². The van der Waals surface area contributed by atoms with Gasteiger partial charge in [0.2, 0.25) is 0 Å². The number of rotatable bonds is 7. The fraction of sp³-hybridized carbons (Fsp3) is 0.150. The molecule has 0 fully saturated rings. The highest BCUT2D eigenvalue weighted by molar-refractivity contribution is 5.89. The van der Waals surface area contributed by atoms with E-state index in [1.807, 2.05) is 12.1 Å². The van der Waals surface area contributed by atoms with Gasteiger partial charge in [0.25, 0.3) is 0 Å². The van der Waals surface area contributed by atoms with Gasteiger partial charge in [0.05, 0.1) is 19.9 Å². The van der Waals surface area contributed by atoms with Crippen LogP contribution in [0.5, 0.6) is 11.5 Å². The Morgan fingerprint density at radius 2 is 1.85 bits per heavy atom. The molecule has 7 nitrogen and oxygen atoms in total. The van der Waals surface area contributed by atoms with Gasteiger partial charge in [-0.15, -0.1) is 0 Å². The van der Waals surface area contributed by atoms with Crippen LogP contribution in [0.3, 0.4) is 0 Å². The van der Waals surface area contributed by atoms with Crippen molar-refractivity contribution in [1.82, 2.24) is 5.43 Å². The van der Waals surface area contributed by atoms with Gasteiger partial charge < -0.3 is 14.2 Å². The lowest BCUT2D eigenvalue weighted by atomic mass is 10.2. The number of ether oxygens (including phenoxy) is 3. The highest BCUT2D eigenvalue weighted by atomic mass is 16.6. The van der Waals surface area contributed by atoms with Crippen molar-refractivity contribution in [3.8, 4) is 11.5 Å². The van der Waals surface area contributed by atoms with Crippen LogP contribution in [0, 0.1) is 0 Å². The zero-order valence-electron chi connectivity index (χ0n) is 15.0. The van der Waals surface area contributed by atoms with Crippen LogP contribution >= 0.6 is 0 Å². The largest absolute Gasteiger partial charge is 0.497 e. The number of nitrogens with one attached hydrogen (secondary N) is 1. The minimum Gasteiger partial charge on any atom is -0.497 e. The SMILES string of the molecule is CCOC(=O)NN=Cc1cccc(OC(=O)C=Cc2ccc(OC)cc2)c1. The van der Waals surface area contributed by atoms with E-state index in [-0.39, 0.29) is 6.61 Å². The minimum atomic E-state index is -0.639. The van der Waals surface area contributed by atoms with Gasteiger partial charge in [-0.25, -0.2) is 15.0 Å². The number of carbonyl (C=O) groups excluding carboxylic acids is 2. The third kappa shape index (κ3) is 7.03. The fourth-order valence-corrected chi connectivity index (χ4v) is 2.01. The molecule has 140 valence electrons. The number of hydrogen-bond donors (Lipinski definition) is 1. The molecule has 0 atom stereocenters. The minimum absolute atomic E-state index is 0.261. The molecule has 0 heterocycles. The second-order valence-corrected chi connectivity index (χ2v) is 5.19. The second kappa shape index (κ2) is 10.4. The summed E-state index contributed by atoms with van der Waals surface area (Å²) in [6, 6.07) is 14.0. The molecule has 27 heavy (non-hydrogen) atoms. The average molecular weight is 368 g/mol. The first-order valence-corrected chi connectivity index (χ1v) is 8.20. The first-order valence-electron chi connectivity index (χ1n) is 8.20. The van der Waals surface area contributed by atoms with Gasteiger partial charge in [0.1, 0.15) is 11.5 Å². The summed E-state index contributed by atoms with van der Waals surface area (Å²) in [5, 5.41) is 3.76. The molecule has 1 amide bonds. The smallest absolute Gasteiger partial charge is 0.427 e. The Labute approximate surface area is 157 Å². The molecule has 0 aromatic heterocycles. The average Bonchev–Trinajstić information content (AvgIpc) is 2.67. The molecule has 0 aliphatic carbocycles. The maximum atomic E-state index is 12.0. The molecule has 0 aliphatic rings. The first kappa shape index (κ1) is 19.7. The molecule has 1 N–H and O–H groups in total. The number of carbonyl (C=O) groups is 2. The Balaban J connectivity index is 1.92. The van der Waals surface area contributed by atoms with E-state index in [0.717, 1.165) is 11.3 Å². The zero-order valence-corrected chi connectivity index (χ0v) is 15.0. The van der Waals surface area contributed by atoms with E-state index in [2.05, 4.69) is 15.3 Å². The highest BCUT2D eigenvalue weighted by Crippen LogP contribution is 2.14. The number of hydrazone groups is 1. The van der Waals surface area contributed by atoms with E-state index >= 15 is 0 Å². The maximum absolute atomic E-state index is 12.0. The van der Waals surface area contributed by atoms with Gasteiger partial charge in [-0.1, -0.05) is 24.3 Å². The van der Waals surface area contributed by atoms with Crippen LogP contribution in [-0.4, -0.2) is 32.0 Å². The maximum Gasteiger partial charge on any atom is 0.427 e. The monoisotopic (exact) mass is 368 g/mol. The summed E-state index contributed by atoms with van der Waals surface area (Å²) >= 11 is 0. The van der Waals surface area contributed by atoms with Crippen molar-refractivity contribution in [2.75, 3.05) is 13.7 Å². The van der Waals surface area contributed by atoms with Gasteiger partial charge in [-0.3, -0.25) is 0 Å². The Morgan fingerprint density at radius 3 is 2.56 bits per heavy atom. The Hall–Kier alpha value is -3.61. The molecule has 2 aromatic carbocycles. The second-order valence-electron chi connectivity index (χ2n) is 5.19. The van der Waals surface area contributed by atoms with E-state index < -0.39 is 12.1 Å². The summed E-state index contributed by atoms with van der Waals surface area (Å²) in [6.07, 6.45) is 3.77. The van der Waals surface area contributed by atoms with Crippen molar-refractivity contribution >= 4 is 24.4 Å². The quantitative estimate of drug-likeness (QED) is 0.266. The summed E-state index contributed by atoms with van der Waals surface area (Å²) < 4.78 is 15.0. The van der Waals surface area contributed by atoms with Gasteiger partial charge in [-0.2, -0.15) is 5.10 Å². The molecule has 0 saturated heterocycles. The number of nitrogens with zero attached hydrogens (tertiary/aromatic N) is 1. The summed E-state index contributed by atoms with van der Waals surface area (Å²) in [7, 11) is 1.59. The number of methoxy groups -OCH3 is 1. The van der Waals surface area contributed by atoms with E-state index in [4.69, 9.17) is 9.47 Å². The van der Waals surface area contributed by atoms with Crippen LogP contribution in [0.15, 0.2) is 59.7 Å². The summed E-state index contributed by atoms with van der Waals surface area (Å²) in [6.45, 7) is 1.96. The van der Waals surface area contributed by atoms with Crippen molar-refractivity contribution in [1.29, 1.82) is 0 Å². The topological polar surface area (TPSA) is 86.2 Å². The molecule has 2 rings (SSSR count). The van der Waals surface area contributed by atoms with Crippen LogP contribution in [0.2, 0.25) is 0 Å². The van der Waals surface area contributed by atoms with Gasteiger partial charge >= 0.3 is 12.1 Å². The normalized spacial score (nSPS) is 10.7. The summed E-state index contributed by atoms with van der Waals surface area (Å²) in [4.78, 5) is 23.1. The van der Waals surface area contributed by atoms with Gasteiger partial charge in [0, 0.05) is 6.08 Å². The van der Waals surface area contributed by atoms with Crippen LogP contribution < -0.4 is 14.9 Å². The molecular weight excluding hydrogens is 348 g/mol. The van der Waals surface area contributed by atoms with E-state index in [0.29, 0.717) is 11.3 Å². The Kier molecular flexibility index (Phi) is 7.59. The summed E-state index contributed by atoms with van der Waals surface area (Å²) in [5.74, 6) is 0.592. The predicted octanol–water partition coefficient (Wildman–Crippen LogP) is 3.39. The number of hydrogen-bond acceptors (Lipinski definition) is 6. The molecule has 0 unspecified atom stereocenters. The summed E-state index contributed by atoms with van der Waals surface area (Å²) in [5.41, 5.74) is 3.71. The molecular formula is C20H20N2O5. The highest BCUT2D eigenvalue weighted by Gasteiger charge is 2.02. The molecule has 0 radical (unpaired) electrons. The van der Waals surface area contributed by atoms with Gasteiger partial charge in [-0.05, 0) is 48.4 Å². The lowest BCUT2D eigenvalue weighted by Gasteiger charge is -2.03. The van der Waals surface area contributed by atoms with Crippen molar-refractivity contribution in [3.63, 3.8) is 0 Å². The van der Waals surface area contributed by atoms with Crippen molar-refractivity contribution < 1.29 is 23.8 Å². The van der Waals surface area contributed by atoms with Crippen LogP contribution in [0.4, 0.5) is 4.79 Å². The molecule has 7 heteroatoms. The molecule has 2 aromatic rings. The van der Waals surface area contributed by atoms with E-state index in [1.54, 1.807) is 56.5 Å². The van der Waals surface area contributed by atoms with Crippen LogP contribution in [-0.2, 0) is 9.53 Å². The predicted molar refractivity (Wildman–Crippen MR) is 102 cm³/mol. The van der Waals surface area contributed by atoms with Crippen molar-refractivity contribution in [2.24, 2.45) is 5.10 Å². The first-order chi connectivity index (χ1) is 13.1. The fourth-order valence-electron chi connectivity index (χ4n) is 2.01. The Morgan fingerprint density at radius 1 is 1.07 bits per heavy atom. The lowest BCUT2D eigenvalue weighted by Crippen LogP contribution is -2.18. The number of amides is 1. The number of esters is 1. The Bertz CT molecular complexity index is 829. The molecule has 0 saturated carbocycles. The number of benzene rings is 2. The zero-order chi connectivity index (χ0) is 19.5. The van der Waals surface area contributed by atoms with Crippen molar-refractivity contribution in [3.05, 3.63) is 65.7 Å². The molecule has 0 aliphatic heterocycles. The third-order valence-corrected chi connectivity index (χ3v) is 3.25. The molecule has 0 bridgehead atoms. The van der Waals surface area contributed by atoms with E-state index in [9.17, 15) is 9.59 Å². The molecule has 0 spiro atoms. The van der Waals surface area contributed by atoms with E-state index in [1.165, 1.54) is 12.3 Å².